The van der Waals surface area contributed by atoms with Crippen molar-refractivity contribution in [3.8, 4) is 12.3 Å². The Bertz CT molecular complexity index is 963. The lowest BCUT2D eigenvalue weighted by molar-refractivity contribution is -0.133. The summed E-state index contributed by atoms with van der Waals surface area (Å²) >= 11 is 0. The number of nitrogens with one attached hydrogen (secondary N) is 2. The third kappa shape index (κ3) is 2.35. The molecule has 0 aliphatic carbocycles. The molecule has 10 nitrogen and oxygen atoms in total. The zero-order valence-corrected chi connectivity index (χ0v) is 12.9. The molecule has 0 saturated carbocycles. The molecule has 0 radical (unpaired) electrons. The minimum atomic E-state index is -0.727. The summed E-state index contributed by atoms with van der Waals surface area (Å²) in [4.78, 5) is 43.0. The largest absolute Gasteiger partial charge is 0.369 e. The van der Waals surface area contributed by atoms with Crippen molar-refractivity contribution in [1.29, 1.82) is 0 Å². The molecule has 126 valence electrons. The van der Waals surface area contributed by atoms with E-state index in [4.69, 9.17) is 16.9 Å². The number of anilines is 1. The SMILES string of the molecule is C#CCn1c(=O)n(C2CCC(C(=O)NC)O2)c2nc(N)[nH]c(=O)c21. The number of aromatic amines is 1. The normalized spacial score (nSPS) is 20.2. The number of H-pyrrole nitrogens is 1. The van der Waals surface area contributed by atoms with E-state index in [2.05, 4.69) is 21.2 Å². The Morgan fingerprint density at radius 2 is 2.29 bits per heavy atom. The second-order valence-corrected chi connectivity index (χ2v) is 5.34. The molecule has 10 heteroatoms. The van der Waals surface area contributed by atoms with Gasteiger partial charge in [-0.15, -0.1) is 6.42 Å². The van der Waals surface area contributed by atoms with E-state index >= 15 is 0 Å². The van der Waals surface area contributed by atoms with E-state index < -0.39 is 23.6 Å². The molecule has 1 aliphatic rings. The number of aromatic nitrogens is 4. The maximum Gasteiger partial charge on any atom is 0.333 e. The number of amides is 1. The van der Waals surface area contributed by atoms with Crippen LogP contribution < -0.4 is 22.3 Å². The first-order valence-corrected chi connectivity index (χ1v) is 7.29. The Morgan fingerprint density at radius 1 is 1.54 bits per heavy atom. The summed E-state index contributed by atoms with van der Waals surface area (Å²) in [5.41, 5.74) is 4.60. The fourth-order valence-corrected chi connectivity index (χ4v) is 2.86. The number of likely N-dealkylation sites (N-methyl/N-ethyl adjacent to an activating group) is 1. The maximum absolute atomic E-state index is 12.7. The first kappa shape index (κ1) is 15.8. The lowest BCUT2D eigenvalue weighted by Gasteiger charge is -2.13. The van der Waals surface area contributed by atoms with E-state index in [1.165, 1.54) is 11.6 Å². The number of carbonyl (C=O) groups is 1. The van der Waals surface area contributed by atoms with Crippen LogP contribution in [0.3, 0.4) is 0 Å². The molecule has 2 aromatic rings. The lowest BCUT2D eigenvalue weighted by Crippen LogP contribution is -2.33. The Kier molecular flexibility index (Phi) is 3.86. The number of nitrogens with zero attached hydrogens (tertiary/aromatic N) is 3. The van der Waals surface area contributed by atoms with E-state index in [1.54, 1.807) is 0 Å². The topological polar surface area (TPSA) is 137 Å². The van der Waals surface area contributed by atoms with Crippen LogP contribution in [0.5, 0.6) is 0 Å². The minimum Gasteiger partial charge on any atom is -0.369 e. The Balaban J connectivity index is 2.17. The highest BCUT2D eigenvalue weighted by atomic mass is 16.5. The highest BCUT2D eigenvalue weighted by Crippen LogP contribution is 2.29. The van der Waals surface area contributed by atoms with Crippen molar-refractivity contribution in [3.63, 3.8) is 0 Å². The molecule has 2 atom stereocenters. The average molecular weight is 332 g/mol. The standard InChI is InChI=1S/C14H16N6O4/c1-3-6-19-9-10(17-13(15)18-12(9)22)20(14(19)23)8-5-4-7(24-8)11(21)16-2/h1,7-8H,4-6H2,2H3,(H,16,21)(H3,15,17,18,22). The van der Waals surface area contributed by atoms with Gasteiger partial charge in [0.2, 0.25) is 11.9 Å². The van der Waals surface area contributed by atoms with Gasteiger partial charge >= 0.3 is 5.69 Å². The number of hydrogen-bond acceptors (Lipinski definition) is 6. The quantitative estimate of drug-likeness (QED) is 0.587. The lowest BCUT2D eigenvalue weighted by atomic mass is 10.2. The number of imidazole rings is 1. The molecule has 1 aliphatic heterocycles. The molecule has 2 aromatic heterocycles. The zero-order valence-electron chi connectivity index (χ0n) is 12.9. The van der Waals surface area contributed by atoms with Crippen molar-refractivity contribution in [2.75, 3.05) is 12.8 Å². The summed E-state index contributed by atoms with van der Waals surface area (Å²) < 4.78 is 8.01. The van der Waals surface area contributed by atoms with Crippen molar-refractivity contribution < 1.29 is 9.53 Å². The van der Waals surface area contributed by atoms with Crippen LogP contribution in [0.2, 0.25) is 0 Å². The number of hydrogen-bond donors (Lipinski definition) is 3. The van der Waals surface area contributed by atoms with Gasteiger partial charge in [0.05, 0.1) is 6.54 Å². The second kappa shape index (κ2) is 5.86. The van der Waals surface area contributed by atoms with E-state index in [9.17, 15) is 14.4 Å². The van der Waals surface area contributed by atoms with Crippen LogP contribution in [-0.4, -0.2) is 38.2 Å². The molecule has 2 unspecified atom stereocenters. The molecule has 1 amide bonds. The molecule has 1 saturated heterocycles. The van der Waals surface area contributed by atoms with Crippen molar-refractivity contribution in [3.05, 3.63) is 20.8 Å². The van der Waals surface area contributed by atoms with Crippen LogP contribution in [0.25, 0.3) is 11.2 Å². The third-order valence-electron chi connectivity index (χ3n) is 3.90. The van der Waals surface area contributed by atoms with Gasteiger partial charge in [0, 0.05) is 7.05 Å². The number of nitrogen functional groups attached to an aromatic ring is 1. The molecule has 3 heterocycles. The molecule has 1 fully saturated rings. The summed E-state index contributed by atoms with van der Waals surface area (Å²) in [5, 5.41) is 2.50. The number of terminal acetylenes is 1. The third-order valence-corrected chi connectivity index (χ3v) is 3.90. The number of carbonyl (C=O) groups excluding carboxylic acids is 1. The van der Waals surface area contributed by atoms with E-state index in [0.717, 1.165) is 4.57 Å². The molecular formula is C14H16N6O4. The van der Waals surface area contributed by atoms with Gasteiger partial charge in [-0.25, -0.2) is 9.36 Å². The van der Waals surface area contributed by atoms with Crippen LogP contribution in [-0.2, 0) is 16.1 Å². The van der Waals surface area contributed by atoms with Crippen molar-refractivity contribution in [1.82, 2.24) is 24.4 Å². The summed E-state index contributed by atoms with van der Waals surface area (Å²) in [5.74, 6) is 1.93. The van der Waals surface area contributed by atoms with E-state index in [0.29, 0.717) is 12.8 Å². The Morgan fingerprint density at radius 3 is 2.96 bits per heavy atom. The van der Waals surface area contributed by atoms with Crippen LogP contribution in [0.15, 0.2) is 9.59 Å². The Hall–Kier alpha value is -3.06. The highest BCUT2D eigenvalue weighted by Gasteiger charge is 2.34. The highest BCUT2D eigenvalue weighted by molar-refractivity contribution is 5.80. The monoisotopic (exact) mass is 332 g/mol. The van der Waals surface area contributed by atoms with Crippen LogP contribution >= 0.6 is 0 Å². The smallest absolute Gasteiger partial charge is 0.333 e. The van der Waals surface area contributed by atoms with Gasteiger partial charge in [0.25, 0.3) is 5.56 Å². The van der Waals surface area contributed by atoms with Crippen molar-refractivity contribution in [2.45, 2.75) is 31.7 Å². The number of ether oxygens (including phenoxy) is 1. The van der Waals surface area contributed by atoms with Crippen LogP contribution in [0.4, 0.5) is 5.95 Å². The molecule has 3 rings (SSSR count). The fourth-order valence-electron chi connectivity index (χ4n) is 2.86. The van der Waals surface area contributed by atoms with Crippen molar-refractivity contribution in [2.24, 2.45) is 0 Å². The van der Waals surface area contributed by atoms with Gasteiger partial charge in [0.1, 0.15) is 12.3 Å². The van der Waals surface area contributed by atoms with Crippen molar-refractivity contribution >= 4 is 23.0 Å². The molecular weight excluding hydrogens is 316 g/mol. The number of nitrogens with two attached hydrogens (primary N) is 1. The molecule has 0 bridgehead atoms. The maximum atomic E-state index is 12.7. The fraction of sp³-hybridized carbons (Fsp3) is 0.429. The summed E-state index contributed by atoms with van der Waals surface area (Å²) in [6, 6.07) is 0. The summed E-state index contributed by atoms with van der Waals surface area (Å²) in [6.45, 7) is -0.0946. The van der Waals surface area contributed by atoms with Gasteiger partial charge in [0.15, 0.2) is 11.2 Å². The van der Waals surface area contributed by atoms with Crippen LogP contribution in [0.1, 0.15) is 19.1 Å². The molecule has 24 heavy (non-hydrogen) atoms. The van der Waals surface area contributed by atoms with Gasteiger partial charge in [-0.2, -0.15) is 4.98 Å². The van der Waals surface area contributed by atoms with E-state index in [-0.39, 0.29) is 29.6 Å². The Labute approximate surface area is 135 Å². The average Bonchev–Trinajstić information content (AvgIpc) is 3.11. The summed E-state index contributed by atoms with van der Waals surface area (Å²) in [7, 11) is 1.51. The zero-order chi connectivity index (χ0) is 17.4. The van der Waals surface area contributed by atoms with Gasteiger partial charge in [-0.3, -0.25) is 19.1 Å². The molecule has 0 aromatic carbocycles. The molecule has 0 spiro atoms. The first-order valence-electron chi connectivity index (χ1n) is 7.29. The predicted molar refractivity (Wildman–Crippen MR) is 85.1 cm³/mol. The van der Waals surface area contributed by atoms with Crippen LogP contribution in [0, 0.1) is 12.3 Å². The van der Waals surface area contributed by atoms with Gasteiger partial charge in [-0.1, -0.05) is 5.92 Å². The van der Waals surface area contributed by atoms with E-state index in [1.807, 2.05) is 0 Å². The summed E-state index contributed by atoms with van der Waals surface area (Å²) in [6.07, 6.45) is 4.75. The first-order chi connectivity index (χ1) is 11.5. The second-order valence-electron chi connectivity index (χ2n) is 5.34. The predicted octanol–water partition coefficient (Wildman–Crippen LogP) is -1.47. The molecule has 4 N–H and O–H groups in total. The van der Waals surface area contributed by atoms with Gasteiger partial charge < -0.3 is 15.8 Å². The minimum absolute atomic E-state index is 0.0270. The number of rotatable bonds is 3. The number of fused-ring (bicyclic) bond motifs is 1. The van der Waals surface area contributed by atoms with Gasteiger partial charge in [-0.05, 0) is 12.8 Å².